The van der Waals surface area contributed by atoms with E-state index >= 15 is 0 Å². The molecule has 3 aromatic rings. The van der Waals surface area contributed by atoms with Gasteiger partial charge in [-0.15, -0.1) is 11.3 Å². The van der Waals surface area contributed by atoms with Gasteiger partial charge in [-0.3, -0.25) is 4.79 Å². The summed E-state index contributed by atoms with van der Waals surface area (Å²) < 4.78 is 7.44. The molecule has 2 aromatic carbocycles. The van der Waals surface area contributed by atoms with Gasteiger partial charge in [0.15, 0.2) is 6.61 Å². The highest BCUT2D eigenvalue weighted by Crippen LogP contribution is 2.33. The largest absolute Gasteiger partial charge is 0.482 e. The molecule has 1 aliphatic carbocycles. The third kappa shape index (κ3) is 4.49. The molecule has 1 fully saturated rings. The summed E-state index contributed by atoms with van der Waals surface area (Å²) in [4.78, 5) is 17.4. The molecule has 0 spiro atoms. The minimum atomic E-state index is -0.150. The van der Waals surface area contributed by atoms with E-state index in [9.17, 15) is 4.79 Å². The number of nitrogens with one attached hydrogen (secondary N) is 1. The Kier molecular flexibility index (Phi) is 5.85. The van der Waals surface area contributed by atoms with Gasteiger partial charge in [0.25, 0.3) is 5.91 Å². The van der Waals surface area contributed by atoms with E-state index in [2.05, 4.69) is 17.6 Å². The molecule has 5 rings (SSSR count). The summed E-state index contributed by atoms with van der Waals surface area (Å²) in [6, 6.07) is 13.3. The van der Waals surface area contributed by atoms with E-state index in [4.69, 9.17) is 26.4 Å². The van der Waals surface area contributed by atoms with Gasteiger partial charge < -0.3 is 10.1 Å². The standard InChI is InChI=1S/C24H23ClN4O2S/c1-15-3-2-4-19(11-15)28-29-21(14-32-24(29)26-18-8-6-17(25)7-9-18)16-5-10-22-20(12-16)27-23(30)13-31-22/h5-10,12,14-15H,2-4,11,13H2,1H3,(H,27,30). The number of halogens is 1. The van der Waals surface area contributed by atoms with Gasteiger partial charge in [0.1, 0.15) is 5.75 Å². The maximum absolute atomic E-state index is 11.8. The van der Waals surface area contributed by atoms with Gasteiger partial charge in [-0.25, -0.2) is 9.67 Å². The number of hydrogen-bond acceptors (Lipinski definition) is 5. The third-order valence-corrected chi connectivity index (χ3v) is 6.70. The molecule has 2 heterocycles. The summed E-state index contributed by atoms with van der Waals surface area (Å²) in [5.74, 6) is 1.16. The molecule has 164 valence electrons. The molecule has 1 amide bonds. The first-order valence-electron chi connectivity index (χ1n) is 10.7. The number of rotatable bonds is 3. The monoisotopic (exact) mass is 466 g/mol. The fourth-order valence-corrected chi connectivity index (χ4v) is 5.01. The van der Waals surface area contributed by atoms with Crippen LogP contribution in [0.3, 0.4) is 0 Å². The molecule has 1 aliphatic heterocycles. The van der Waals surface area contributed by atoms with E-state index in [1.54, 1.807) is 0 Å². The number of fused-ring (bicyclic) bond motifs is 1. The fraction of sp³-hybridized carbons (Fsp3) is 0.292. The van der Waals surface area contributed by atoms with Crippen LogP contribution in [0.15, 0.2) is 57.9 Å². The predicted octanol–water partition coefficient (Wildman–Crippen LogP) is 5.85. The van der Waals surface area contributed by atoms with Crippen molar-refractivity contribution in [2.24, 2.45) is 16.0 Å². The number of carbonyl (C=O) groups excluding carboxylic acids is 1. The summed E-state index contributed by atoms with van der Waals surface area (Å²) in [5, 5.41) is 10.7. The molecule has 1 aromatic heterocycles. The van der Waals surface area contributed by atoms with E-state index in [1.807, 2.05) is 47.1 Å². The quantitative estimate of drug-likeness (QED) is 0.526. The second kappa shape index (κ2) is 8.92. The van der Waals surface area contributed by atoms with Crippen molar-refractivity contribution < 1.29 is 9.53 Å². The summed E-state index contributed by atoms with van der Waals surface area (Å²) in [5.41, 5.74) is 4.55. The molecule has 0 radical (unpaired) electrons. The number of nitrogens with zero attached hydrogens (tertiary/aromatic N) is 3. The molecule has 1 atom stereocenters. The average Bonchev–Trinajstić information content (AvgIpc) is 3.17. The molecule has 0 saturated heterocycles. The van der Waals surface area contributed by atoms with E-state index in [-0.39, 0.29) is 12.5 Å². The molecule has 32 heavy (non-hydrogen) atoms. The van der Waals surface area contributed by atoms with E-state index in [1.165, 1.54) is 23.5 Å². The molecule has 6 nitrogen and oxygen atoms in total. The molecule has 1 saturated carbocycles. The Balaban J connectivity index is 1.62. The van der Waals surface area contributed by atoms with Crippen molar-refractivity contribution >= 4 is 45.9 Å². The highest BCUT2D eigenvalue weighted by molar-refractivity contribution is 7.07. The molecular weight excluding hydrogens is 444 g/mol. The summed E-state index contributed by atoms with van der Waals surface area (Å²) in [6.45, 7) is 2.32. The number of aromatic nitrogens is 1. The first-order valence-corrected chi connectivity index (χ1v) is 12.0. The van der Waals surface area contributed by atoms with E-state index in [0.717, 1.165) is 41.0 Å². The van der Waals surface area contributed by atoms with Crippen molar-refractivity contribution in [3.05, 3.63) is 57.7 Å². The zero-order chi connectivity index (χ0) is 22.1. The Morgan fingerprint density at radius 3 is 2.88 bits per heavy atom. The Morgan fingerprint density at radius 1 is 1.22 bits per heavy atom. The van der Waals surface area contributed by atoms with Crippen LogP contribution in [0.4, 0.5) is 11.4 Å². The lowest BCUT2D eigenvalue weighted by atomic mass is 9.89. The maximum atomic E-state index is 11.8. The van der Waals surface area contributed by atoms with Crippen LogP contribution in [-0.2, 0) is 4.79 Å². The third-order valence-electron chi connectivity index (χ3n) is 5.63. The summed E-state index contributed by atoms with van der Waals surface area (Å²) in [6.07, 6.45) is 4.40. The zero-order valence-electron chi connectivity index (χ0n) is 17.7. The van der Waals surface area contributed by atoms with Crippen molar-refractivity contribution in [3.63, 3.8) is 0 Å². The lowest BCUT2D eigenvalue weighted by Crippen LogP contribution is -2.25. The molecule has 1 N–H and O–H groups in total. The Bertz CT molecular complexity index is 1260. The van der Waals surface area contributed by atoms with Crippen molar-refractivity contribution in [2.45, 2.75) is 32.6 Å². The lowest BCUT2D eigenvalue weighted by molar-refractivity contribution is -0.118. The predicted molar refractivity (Wildman–Crippen MR) is 129 cm³/mol. The van der Waals surface area contributed by atoms with Crippen LogP contribution in [0, 0.1) is 5.92 Å². The first-order chi connectivity index (χ1) is 15.5. The number of carbonyl (C=O) groups is 1. The van der Waals surface area contributed by atoms with Crippen LogP contribution in [0.25, 0.3) is 11.3 Å². The second-order valence-electron chi connectivity index (χ2n) is 8.22. The van der Waals surface area contributed by atoms with Crippen LogP contribution in [-0.4, -0.2) is 22.9 Å². The second-order valence-corrected chi connectivity index (χ2v) is 9.49. The van der Waals surface area contributed by atoms with Crippen LogP contribution in [0.2, 0.25) is 5.02 Å². The molecule has 2 aliphatic rings. The van der Waals surface area contributed by atoms with Gasteiger partial charge in [-0.2, -0.15) is 5.10 Å². The molecule has 1 unspecified atom stereocenters. The van der Waals surface area contributed by atoms with Crippen molar-refractivity contribution in [3.8, 4) is 17.0 Å². The number of benzene rings is 2. The number of thiazole rings is 1. The minimum absolute atomic E-state index is 0.0424. The van der Waals surface area contributed by atoms with Crippen molar-refractivity contribution in [1.29, 1.82) is 0 Å². The van der Waals surface area contributed by atoms with Crippen LogP contribution >= 0.6 is 22.9 Å². The van der Waals surface area contributed by atoms with E-state index < -0.39 is 0 Å². The summed E-state index contributed by atoms with van der Waals surface area (Å²) in [7, 11) is 0. The first kappa shape index (κ1) is 21.0. The number of ether oxygens (including phenoxy) is 1. The van der Waals surface area contributed by atoms with Gasteiger partial charge in [0.05, 0.1) is 17.1 Å². The van der Waals surface area contributed by atoms with Gasteiger partial charge in [0, 0.05) is 21.7 Å². The smallest absolute Gasteiger partial charge is 0.262 e. The van der Waals surface area contributed by atoms with Crippen LogP contribution in [0.5, 0.6) is 5.75 Å². The van der Waals surface area contributed by atoms with Crippen LogP contribution in [0.1, 0.15) is 32.6 Å². The van der Waals surface area contributed by atoms with Gasteiger partial charge >= 0.3 is 0 Å². The normalized spacial score (nSPS) is 20.1. The zero-order valence-corrected chi connectivity index (χ0v) is 19.2. The maximum Gasteiger partial charge on any atom is 0.262 e. The molecular formula is C24H23ClN4O2S. The van der Waals surface area contributed by atoms with Crippen molar-refractivity contribution in [2.75, 3.05) is 11.9 Å². The summed E-state index contributed by atoms with van der Waals surface area (Å²) >= 11 is 7.57. The molecule has 0 bridgehead atoms. The highest BCUT2D eigenvalue weighted by atomic mass is 35.5. The van der Waals surface area contributed by atoms with Gasteiger partial charge in [0.2, 0.25) is 4.80 Å². The fourth-order valence-electron chi connectivity index (χ4n) is 4.03. The Morgan fingerprint density at radius 2 is 2.06 bits per heavy atom. The number of anilines is 1. The van der Waals surface area contributed by atoms with Gasteiger partial charge in [-0.1, -0.05) is 18.5 Å². The average molecular weight is 467 g/mol. The lowest BCUT2D eigenvalue weighted by Gasteiger charge is -2.20. The minimum Gasteiger partial charge on any atom is -0.482 e. The number of hydrogen-bond donors (Lipinski definition) is 1. The van der Waals surface area contributed by atoms with Crippen molar-refractivity contribution in [1.82, 2.24) is 4.68 Å². The van der Waals surface area contributed by atoms with Crippen LogP contribution < -0.4 is 14.9 Å². The Labute approximate surface area is 195 Å². The SMILES string of the molecule is CC1CCCC(=Nn2c(-c3ccc4c(c3)NC(=O)CO4)csc2=Nc2ccc(Cl)cc2)C1. The van der Waals surface area contributed by atoms with Gasteiger partial charge in [-0.05, 0) is 74.1 Å². The molecule has 8 heteroatoms. The highest BCUT2D eigenvalue weighted by Gasteiger charge is 2.19. The Hall–Kier alpha value is -2.90. The number of amides is 1. The topological polar surface area (TPSA) is 68.0 Å². The van der Waals surface area contributed by atoms with E-state index in [0.29, 0.717) is 22.4 Å².